The number of hydrogen-bond donors (Lipinski definition) is 1. The van der Waals surface area contributed by atoms with Gasteiger partial charge in [-0.1, -0.05) is 72.3 Å². The van der Waals surface area contributed by atoms with E-state index in [1.165, 1.54) is 6.07 Å². The van der Waals surface area contributed by atoms with Crippen molar-refractivity contribution in [2.75, 3.05) is 6.26 Å². The second-order valence-corrected chi connectivity index (χ2v) is 10.5. The Morgan fingerprint density at radius 3 is 2.26 bits per heavy atom. The van der Waals surface area contributed by atoms with Crippen LogP contribution in [-0.4, -0.2) is 29.0 Å². The number of para-hydroxylation sites is 1. The van der Waals surface area contributed by atoms with Crippen LogP contribution < -0.4 is 17.0 Å². The van der Waals surface area contributed by atoms with Crippen molar-refractivity contribution < 1.29 is 8.42 Å². The van der Waals surface area contributed by atoms with E-state index >= 15 is 0 Å². The highest BCUT2D eigenvalue weighted by Crippen LogP contribution is 2.19. The number of hydrogen-bond acceptors (Lipinski definition) is 6. The quantitative estimate of drug-likeness (QED) is 0.408. The first kappa shape index (κ1) is 24.6. The lowest BCUT2D eigenvalue weighted by molar-refractivity contribution is 0.470. The fourth-order valence-electron chi connectivity index (χ4n) is 3.82. The number of nitrogens with zero attached hydrogens (tertiary/aromatic N) is 3. The third-order valence-corrected chi connectivity index (χ3v) is 7.04. The molecule has 180 valence electrons. The maximum Gasteiger partial charge on any atom is 0.352 e. The average molecular weight is 511 g/mol. The molecule has 4 aromatic rings. The van der Waals surface area contributed by atoms with Gasteiger partial charge in [-0.2, -0.15) is 5.10 Å². The SMILES string of the molecule is CS(=O)(=O)c1ccccc1Cc1nn(CC(N)c2ccccc2)c(=O)n(-c2ccccc2Cl)c1=O. The molecule has 0 spiro atoms. The van der Waals surface area contributed by atoms with Gasteiger partial charge >= 0.3 is 5.69 Å². The lowest BCUT2D eigenvalue weighted by atomic mass is 10.1. The number of nitrogens with two attached hydrogens (primary N) is 1. The average Bonchev–Trinajstić information content (AvgIpc) is 2.83. The summed E-state index contributed by atoms with van der Waals surface area (Å²) in [6.07, 6.45) is 0.995. The molecule has 0 saturated heterocycles. The maximum absolute atomic E-state index is 13.5. The monoisotopic (exact) mass is 510 g/mol. The lowest BCUT2D eigenvalue weighted by Crippen LogP contribution is -2.44. The zero-order chi connectivity index (χ0) is 25.2. The molecule has 0 aliphatic heterocycles. The summed E-state index contributed by atoms with van der Waals surface area (Å²) >= 11 is 6.32. The summed E-state index contributed by atoms with van der Waals surface area (Å²) in [6.45, 7) is -0.00565. The summed E-state index contributed by atoms with van der Waals surface area (Å²) in [4.78, 5) is 26.9. The number of aromatic nitrogens is 3. The van der Waals surface area contributed by atoms with Crippen molar-refractivity contribution in [2.24, 2.45) is 5.73 Å². The van der Waals surface area contributed by atoms with E-state index in [0.717, 1.165) is 21.1 Å². The second kappa shape index (κ2) is 9.99. The van der Waals surface area contributed by atoms with Crippen LogP contribution in [-0.2, 0) is 22.8 Å². The first-order valence-electron chi connectivity index (χ1n) is 10.7. The summed E-state index contributed by atoms with van der Waals surface area (Å²) in [7, 11) is -3.56. The van der Waals surface area contributed by atoms with E-state index in [4.69, 9.17) is 17.3 Å². The molecule has 2 N–H and O–H groups in total. The van der Waals surface area contributed by atoms with Crippen molar-refractivity contribution in [1.29, 1.82) is 0 Å². The van der Waals surface area contributed by atoms with Gasteiger partial charge in [0.2, 0.25) is 0 Å². The van der Waals surface area contributed by atoms with Crippen molar-refractivity contribution in [3.8, 4) is 5.69 Å². The molecule has 0 saturated carbocycles. The largest absolute Gasteiger partial charge is 0.352 e. The Hall–Kier alpha value is -3.53. The van der Waals surface area contributed by atoms with Crippen molar-refractivity contribution in [2.45, 2.75) is 23.9 Å². The van der Waals surface area contributed by atoms with Crippen LogP contribution in [0.25, 0.3) is 5.69 Å². The molecule has 0 amide bonds. The Labute approximate surface area is 207 Å². The highest BCUT2D eigenvalue weighted by Gasteiger charge is 2.21. The van der Waals surface area contributed by atoms with Crippen LogP contribution in [0.15, 0.2) is 93.3 Å². The second-order valence-electron chi connectivity index (χ2n) is 8.08. The number of benzene rings is 3. The summed E-state index contributed by atoms with van der Waals surface area (Å²) in [6, 6.07) is 21.5. The van der Waals surface area contributed by atoms with Gasteiger partial charge in [0.05, 0.1) is 22.2 Å². The van der Waals surface area contributed by atoms with E-state index in [-0.39, 0.29) is 34.3 Å². The Kier molecular flexibility index (Phi) is 7.02. The van der Waals surface area contributed by atoms with Crippen LogP contribution in [0.2, 0.25) is 5.02 Å². The molecule has 4 rings (SSSR count). The highest BCUT2D eigenvalue weighted by molar-refractivity contribution is 7.90. The van der Waals surface area contributed by atoms with Crippen LogP contribution in [0.1, 0.15) is 22.9 Å². The normalized spacial score (nSPS) is 12.4. The van der Waals surface area contributed by atoms with Gasteiger partial charge in [-0.3, -0.25) is 4.79 Å². The predicted molar refractivity (Wildman–Crippen MR) is 135 cm³/mol. The van der Waals surface area contributed by atoms with Gasteiger partial charge in [0.15, 0.2) is 9.84 Å². The van der Waals surface area contributed by atoms with Gasteiger partial charge in [0, 0.05) is 18.7 Å². The van der Waals surface area contributed by atoms with Crippen molar-refractivity contribution in [3.05, 3.63) is 122 Å². The minimum Gasteiger partial charge on any atom is -0.322 e. The van der Waals surface area contributed by atoms with Crippen molar-refractivity contribution in [3.63, 3.8) is 0 Å². The van der Waals surface area contributed by atoms with Gasteiger partial charge in [-0.25, -0.2) is 22.5 Å². The van der Waals surface area contributed by atoms with E-state index in [1.54, 1.807) is 42.5 Å². The zero-order valence-corrected chi connectivity index (χ0v) is 20.4. The molecule has 35 heavy (non-hydrogen) atoms. The third-order valence-electron chi connectivity index (χ3n) is 5.52. The summed E-state index contributed by atoms with van der Waals surface area (Å²) < 4.78 is 26.7. The van der Waals surface area contributed by atoms with E-state index in [9.17, 15) is 18.0 Å². The predicted octanol–water partition coefficient (Wildman–Crippen LogP) is 2.74. The summed E-state index contributed by atoms with van der Waals surface area (Å²) in [5.74, 6) is 0. The highest BCUT2D eigenvalue weighted by atomic mass is 35.5. The van der Waals surface area contributed by atoms with Crippen LogP contribution in [0.5, 0.6) is 0 Å². The molecule has 1 heterocycles. The molecule has 0 bridgehead atoms. The number of halogens is 1. The fourth-order valence-corrected chi connectivity index (χ4v) is 4.98. The first-order chi connectivity index (χ1) is 16.7. The summed E-state index contributed by atoms with van der Waals surface area (Å²) in [5, 5.41) is 4.53. The van der Waals surface area contributed by atoms with Gasteiger partial charge in [0.25, 0.3) is 5.56 Å². The van der Waals surface area contributed by atoms with Crippen molar-refractivity contribution >= 4 is 21.4 Å². The smallest absolute Gasteiger partial charge is 0.322 e. The molecule has 3 aromatic carbocycles. The Balaban J connectivity index is 1.90. The molecule has 8 nitrogen and oxygen atoms in total. The molecule has 0 fully saturated rings. The first-order valence-corrected chi connectivity index (χ1v) is 13.0. The molecule has 1 unspecified atom stereocenters. The van der Waals surface area contributed by atoms with Gasteiger partial charge in [-0.05, 0) is 29.3 Å². The van der Waals surface area contributed by atoms with E-state index in [1.807, 2.05) is 30.3 Å². The summed E-state index contributed by atoms with van der Waals surface area (Å²) in [5.41, 5.74) is 6.33. The third kappa shape index (κ3) is 5.27. The lowest BCUT2D eigenvalue weighted by Gasteiger charge is -2.17. The van der Waals surface area contributed by atoms with Gasteiger partial charge < -0.3 is 5.73 Å². The minimum atomic E-state index is -3.56. The molecule has 10 heteroatoms. The molecule has 0 aliphatic carbocycles. The van der Waals surface area contributed by atoms with Crippen molar-refractivity contribution in [1.82, 2.24) is 14.3 Å². The van der Waals surface area contributed by atoms with E-state index in [0.29, 0.717) is 5.56 Å². The zero-order valence-electron chi connectivity index (χ0n) is 18.8. The molecule has 0 radical (unpaired) electrons. The minimum absolute atomic E-state index is 0.00565. The maximum atomic E-state index is 13.5. The van der Waals surface area contributed by atoms with E-state index < -0.39 is 27.1 Å². The standard InChI is InChI=1S/C25H23ClN4O4S/c1-35(33,34)23-14-8-5-11-18(23)15-21-24(31)30(22-13-7-6-12-19(22)26)25(32)29(28-21)16-20(27)17-9-3-2-4-10-17/h2-14,20H,15-16,27H2,1H3. The Morgan fingerprint density at radius 2 is 1.57 bits per heavy atom. The molecule has 1 aromatic heterocycles. The Bertz CT molecular complexity index is 1600. The van der Waals surface area contributed by atoms with E-state index in [2.05, 4.69) is 5.10 Å². The fraction of sp³-hybridized carbons (Fsp3) is 0.160. The van der Waals surface area contributed by atoms with Crippen LogP contribution in [0, 0.1) is 0 Å². The topological polar surface area (TPSA) is 117 Å². The molecular formula is C25H23ClN4O4S. The molecule has 0 aliphatic rings. The Morgan fingerprint density at radius 1 is 0.943 bits per heavy atom. The van der Waals surface area contributed by atoms with Crippen LogP contribution in [0.4, 0.5) is 0 Å². The molecule has 1 atom stereocenters. The van der Waals surface area contributed by atoms with Crippen LogP contribution in [0.3, 0.4) is 0 Å². The number of rotatable bonds is 7. The van der Waals surface area contributed by atoms with Crippen LogP contribution >= 0.6 is 11.6 Å². The van der Waals surface area contributed by atoms with Gasteiger partial charge in [0.1, 0.15) is 5.69 Å². The number of sulfone groups is 1. The molecular weight excluding hydrogens is 488 g/mol. The van der Waals surface area contributed by atoms with Gasteiger partial charge in [-0.15, -0.1) is 0 Å².